The van der Waals surface area contributed by atoms with Gasteiger partial charge in [-0.05, 0) is 32.6 Å². The second-order valence-corrected chi connectivity index (χ2v) is 5.47. The molecule has 114 valence electrons. The van der Waals surface area contributed by atoms with Crippen molar-refractivity contribution in [1.82, 2.24) is 15.5 Å². The molecule has 1 atom stereocenters. The molecule has 20 heavy (non-hydrogen) atoms. The fourth-order valence-electron chi connectivity index (χ4n) is 3.43. The fourth-order valence-corrected chi connectivity index (χ4v) is 3.43. The second kappa shape index (κ2) is 6.54. The summed E-state index contributed by atoms with van der Waals surface area (Å²) in [4.78, 5) is 26.8. The number of ether oxygens (including phenoxy) is 1. The smallest absolute Gasteiger partial charge is 0.240 e. The van der Waals surface area contributed by atoms with Crippen molar-refractivity contribution in [3.63, 3.8) is 0 Å². The molecule has 0 aromatic carbocycles. The fraction of sp³-hybridized carbons (Fsp3) is 0.857. The Bertz CT molecular complexity index is 367. The molecule has 6 heteroatoms. The molecule has 6 nitrogen and oxygen atoms in total. The number of rotatable bonds is 4. The standard InChI is InChI=1S/C14H25N3O3/c1-3-16-12(18)11-5-4-8-17(11)14(13(19)15-2)6-9-20-10-7-14/h11H,3-10H2,1-2H3,(H,15,19)(H,16,18)/t11-/m0/s1. The van der Waals surface area contributed by atoms with Gasteiger partial charge in [0.15, 0.2) is 0 Å². The lowest BCUT2D eigenvalue weighted by Crippen LogP contribution is -2.64. The first-order chi connectivity index (χ1) is 9.65. The van der Waals surface area contributed by atoms with Crippen LogP contribution >= 0.6 is 0 Å². The zero-order chi connectivity index (χ0) is 14.6. The molecule has 0 spiro atoms. The number of hydrogen-bond donors (Lipinski definition) is 2. The third-order valence-electron chi connectivity index (χ3n) is 4.43. The lowest BCUT2D eigenvalue weighted by molar-refractivity contribution is -0.144. The maximum absolute atomic E-state index is 12.5. The molecule has 0 unspecified atom stereocenters. The molecule has 0 aromatic heterocycles. The van der Waals surface area contributed by atoms with Crippen LogP contribution in [0.3, 0.4) is 0 Å². The monoisotopic (exact) mass is 283 g/mol. The van der Waals surface area contributed by atoms with Crippen LogP contribution in [-0.2, 0) is 14.3 Å². The van der Waals surface area contributed by atoms with E-state index in [-0.39, 0.29) is 17.9 Å². The highest BCUT2D eigenvalue weighted by Crippen LogP contribution is 2.35. The third kappa shape index (κ3) is 2.67. The molecule has 0 bridgehead atoms. The number of nitrogens with one attached hydrogen (secondary N) is 2. The number of likely N-dealkylation sites (tertiary alicyclic amines) is 1. The van der Waals surface area contributed by atoms with Gasteiger partial charge in [0, 0.05) is 33.4 Å². The van der Waals surface area contributed by atoms with Crippen LogP contribution in [0, 0.1) is 0 Å². The summed E-state index contributed by atoms with van der Waals surface area (Å²) in [5, 5.41) is 5.66. The lowest BCUT2D eigenvalue weighted by atomic mass is 9.86. The Balaban J connectivity index is 2.23. The Kier molecular flexibility index (Phi) is 4.99. The van der Waals surface area contributed by atoms with Crippen LogP contribution in [0.4, 0.5) is 0 Å². The van der Waals surface area contributed by atoms with Crippen LogP contribution in [0.15, 0.2) is 0 Å². The molecule has 0 aromatic rings. The highest BCUT2D eigenvalue weighted by Gasteiger charge is 2.50. The van der Waals surface area contributed by atoms with Crippen LogP contribution in [0.2, 0.25) is 0 Å². The molecular weight excluding hydrogens is 258 g/mol. The van der Waals surface area contributed by atoms with E-state index in [1.54, 1.807) is 7.05 Å². The van der Waals surface area contributed by atoms with E-state index in [9.17, 15) is 9.59 Å². The minimum atomic E-state index is -0.584. The van der Waals surface area contributed by atoms with Gasteiger partial charge in [-0.1, -0.05) is 0 Å². The van der Waals surface area contributed by atoms with Crippen molar-refractivity contribution in [2.75, 3.05) is 33.4 Å². The number of amides is 2. The molecule has 2 N–H and O–H groups in total. The molecule has 0 saturated carbocycles. The van der Waals surface area contributed by atoms with E-state index in [0.717, 1.165) is 19.4 Å². The Morgan fingerprint density at radius 1 is 1.35 bits per heavy atom. The summed E-state index contributed by atoms with van der Waals surface area (Å²) >= 11 is 0. The van der Waals surface area contributed by atoms with E-state index in [1.807, 2.05) is 6.92 Å². The van der Waals surface area contributed by atoms with Crippen molar-refractivity contribution in [3.8, 4) is 0 Å². The van der Waals surface area contributed by atoms with Gasteiger partial charge in [0.05, 0.1) is 6.04 Å². The van der Waals surface area contributed by atoms with Crippen molar-refractivity contribution in [1.29, 1.82) is 0 Å². The molecule has 2 aliphatic heterocycles. The summed E-state index contributed by atoms with van der Waals surface area (Å²) in [7, 11) is 1.66. The molecule has 2 aliphatic rings. The van der Waals surface area contributed by atoms with Crippen LogP contribution in [0.5, 0.6) is 0 Å². The van der Waals surface area contributed by atoms with Crippen molar-refractivity contribution < 1.29 is 14.3 Å². The van der Waals surface area contributed by atoms with Crippen molar-refractivity contribution in [2.24, 2.45) is 0 Å². The lowest BCUT2D eigenvalue weighted by Gasteiger charge is -2.45. The van der Waals surface area contributed by atoms with Crippen LogP contribution in [0.1, 0.15) is 32.6 Å². The van der Waals surface area contributed by atoms with Gasteiger partial charge in [-0.25, -0.2) is 0 Å². The molecule has 2 rings (SSSR count). The Morgan fingerprint density at radius 3 is 2.65 bits per heavy atom. The number of hydrogen-bond acceptors (Lipinski definition) is 4. The first-order valence-corrected chi connectivity index (χ1v) is 7.50. The second-order valence-electron chi connectivity index (χ2n) is 5.47. The number of nitrogens with zero attached hydrogens (tertiary/aromatic N) is 1. The van der Waals surface area contributed by atoms with E-state index in [1.165, 1.54) is 0 Å². The summed E-state index contributed by atoms with van der Waals surface area (Å²) in [5.41, 5.74) is -0.584. The predicted octanol–water partition coefficient (Wildman–Crippen LogP) is -0.118. The Labute approximate surface area is 120 Å². The number of likely N-dealkylation sites (N-methyl/N-ethyl adjacent to an activating group) is 2. The third-order valence-corrected chi connectivity index (χ3v) is 4.43. The zero-order valence-corrected chi connectivity index (χ0v) is 12.4. The minimum Gasteiger partial charge on any atom is -0.381 e. The molecule has 2 heterocycles. The summed E-state index contributed by atoms with van der Waals surface area (Å²) in [6.45, 7) is 4.49. The van der Waals surface area contributed by atoms with Crippen LogP contribution < -0.4 is 10.6 Å². The Hall–Kier alpha value is -1.14. The summed E-state index contributed by atoms with van der Waals surface area (Å²) in [5.74, 6) is 0.0526. The zero-order valence-electron chi connectivity index (χ0n) is 12.4. The van der Waals surface area contributed by atoms with Gasteiger partial charge < -0.3 is 15.4 Å². The molecular formula is C14H25N3O3. The number of carbonyl (C=O) groups is 2. The summed E-state index contributed by atoms with van der Waals surface area (Å²) in [6, 6.07) is -0.189. The minimum absolute atomic E-state index is 0.0111. The van der Waals surface area contributed by atoms with E-state index < -0.39 is 5.54 Å². The molecule has 0 radical (unpaired) electrons. The van der Waals surface area contributed by atoms with E-state index >= 15 is 0 Å². The van der Waals surface area contributed by atoms with Gasteiger partial charge in [0.2, 0.25) is 11.8 Å². The SMILES string of the molecule is CCNC(=O)[C@@H]1CCCN1C1(C(=O)NC)CCOCC1. The van der Waals surface area contributed by atoms with Gasteiger partial charge >= 0.3 is 0 Å². The quantitative estimate of drug-likeness (QED) is 0.755. The molecule has 0 aliphatic carbocycles. The van der Waals surface area contributed by atoms with Crippen LogP contribution in [0.25, 0.3) is 0 Å². The molecule has 2 saturated heterocycles. The van der Waals surface area contributed by atoms with Gasteiger partial charge in [-0.3, -0.25) is 14.5 Å². The van der Waals surface area contributed by atoms with E-state index in [4.69, 9.17) is 4.74 Å². The normalized spacial score (nSPS) is 26.2. The Morgan fingerprint density at radius 2 is 2.05 bits per heavy atom. The van der Waals surface area contributed by atoms with Crippen molar-refractivity contribution in [2.45, 2.75) is 44.2 Å². The molecule has 2 amide bonds. The number of carbonyl (C=O) groups excluding carboxylic acids is 2. The van der Waals surface area contributed by atoms with Crippen molar-refractivity contribution >= 4 is 11.8 Å². The van der Waals surface area contributed by atoms with Crippen molar-refractivity contribution in [3.05, 3.63) is 0 Å². The van der Waals surface area contributed by atoms with Gasteiger partial charge in [-0.2, -0.15) is 0 Å². The highest BCUT2D eigenvalue weighted by atomic mass is 16.5. The maximum Gasteiger partial charge on any atom is 0.240 e. The van der Waals surface area contributed by atoms with Gasteiger partial charge in [-0.15, -0.1) is 0 Å². The average Bonchev–Trinajstić information content (AvgIpc) is 2.97. The summed E-state index contributed by atoms with van der Waals surface area (Å²) in [6.07, 6.45) is 3.10. The highest BCUT2D eigenvalue weighted by molar-refractivity contribution is 5.88. The first kappa shape index (κ1) is 15.3. The predicted molar refractivity (Wildman–Crippen MR) is 75.3 cm³/mol. The van der Waals surface area contributed by atoms with E-state index in [2.05, 4.69) is 15.5 Å². The first-order valence-electron chi connectivity index (χ1n) is 7.50. The molecule has 2 fully saturated rings. The van der Waals surface area contributed by atoms with E-state index in [0.29, 0.717) is 32.6 Å². The topological polar surface area (TPSA) is 70.7 Å². The van der Waals surface area contributed by atoms with Gasteiger partial charge in [0.25, 0.3) is 0 Å². The van der Waals surface area contributed by atoms with Crippen LogP contribution in [-0.4, -0.2) is 61.6 Å². The summed E-state index contributed by atoms with van der Waals surface area (Å²) < 4.78 is 5.41. The average molecular weight is 283 g/mol. The maximum atomic E-state index is 12.5. The van der Waals surface area contributed by atoms with Gasteiger partial charge in [0.1, 0.15) is 5.54 Å². The largest absolute Gasteiger partial charge is 0.381 e.